The summed E-state index contributed by atoms with van der Waals surface area (Å²) in [6.07, 6.45) is 5.14. The quantitative estimate of drug-likeness (QED) is 0.803. The van der Waals surface area contributed by atoms with Crippen molar-refractivity contribution in [3.05, 3.63) is 12.1 Å². The van der Waals surface area contributed by atoms with Gasteiger partial charge in [0.2, 0.25) is 5.88 Å². The highest BCUT2D eigenvalue weighted by molar-refractivity contribution is 5.58. The van der Waals surface area contributed by atoms with E-state index in [2.05, 4.69) is 11.9 Å². The molecule has 1 heterocycles. The normalized spacial score (nSPS) is 25.3. The Hall–Kier alpha value is -1.45. The van der Waals surface area contributed by atoms with E-state index in [9.17, 15) is 0 Å². The Labute approximate surface area is 96.0 Å². The molecule has 0 saturated heterocycles. The van der Waals surface area contributed by atoms with Gasteiger partial charge in [-0.15, -0.1) is 0 Å². The Morgan fingerprint density at radius 1 is 1.25 bits per heavy atom. The van der Waals surface area contributed by atoms with Gasteiger partial charge in [0.15, 0.2) is 5.82 Å². The van der Waals surface area contributed by atoms with E-state index in [0.717, 1.165) is 6.42 Å². The van der Waals surface area contributed by atoms with Gasteiger partial charge in [0.25, 0.3) is 0 Å². The number of aromatic nitrogens is 1. The summed E-state index contributed by atoms with van der Waals surface area (Å²) in [6, 6.07) is 3.53. The average Bonchev–Trinajstić information content (AvgIpc) is 2.27. The lowest BCUT2D eigenvalue weighted by Crippen LogP contribution is -2.28. The first kappa shape index (κ1) is 11.0. The molecule has 0 aliphatic heterocycles. The fraction of sp³-hybridized carbons (Fsp3) is 0.583. The largest absolute Gasteiger partial charge is 0.474 e. The van der Waals surface area contributed by atoms with Crippen LogP contribution in [0.2, 0.25) is 0 Å². The number of rotatable bonds is 2. The van der Waals surface area contributed by atoms with Gasteiger partial charge in [0.05, 0.1) is 5.69 Å². The minimum atomic E-state index is 0.268. The molecule has 1 aromatic rings. The molecule has 0 radical (unpaired) electrons. The fourth-order valence-corrected chi connectivity index (χ4v) is 2.15. The molecular formula is C12H19N3O. The van der Waals surface area contributed by atoms with Crippen LogP contribution in [-0.2, 0) is 0 Å². The number of hydrogen-bond acceptors (Lipinski definition) is 4. The maximum Gasteiger partial charge on any atom is 0.215 e. The molecule has 1 fully saturated rings. The van der Waals surface area contributed by atoms with E-state index in [1.54, 1.807) is 12.1 Å². The van der Waals surface area contributed by atoms with Crippen molar-refractivity contribution in [2.75, 3.05) is 11.5 Å². The Balaban J connectivity index is 2.05. The molecule has 2 unspecified atom stereocenters. The van der Waals surface area contributed by atoms with Crippen molar-refractivity contribution < 1.29 is 4.74 Å². The Morgan fingerprint density at radius 3 is 2.69 bits per heavy atom. The number of anilines is 2. The second-order valence-electron chi connectivity index (χ2n) is 4.54. The summed E-state index contributed by atoms with van der Waals surface area (Å²) < 4.78 is 5.86. The molecule has 0 bridgehead atoms. The van der Waals surface area contributed by atoms with Crippen molar-refractivity contribution in [1.82, 2.24) is 4.98 Å². The maximum absolute atomic E-state index is 5.86. The third-order valence-electron chi connectivity index (χ3n) is 3.24. The molecule has 0 spiro atoms. The molecular weight excluding hydrogens is 202 g/mol. The predicted molar refractivity (Wildman–Crippen MR) is 65.1 cm³/mol. The lowest BCUT2D eigenvalue weighted by Gasteiger charge is -2.28. The molecule has 1 saturated carbocycles. The lowest BCUT2D eigenvalue weighted by atomic mass is 9.88. The highest BCUT2D eigenvalue weighted by Gasteiger charge is 2.23. The number of hydrogen-bond donors (Lipinski definition) is 2. The summed E-state index contributed by atoms with van der Waals surface area (Å²) in [4.78, 5) is 4.13. The van der Waals surface area contributed by atoms with Gasteiger partial charge < -0.3 is 16.2 Å². The van der Waals surface area contributed by atoms with Crippen molar-refractivity contribution in [2.45, 2.75) is 38.7 Å². The summed E-state index contributed by atoms with van der Waals surface area (Å²) in [5.74, 6) is 1.53. The minimum absolute atomic E-state index is 0.268. The Morgan fingerprint density at radius 2 is 2.00 bits per heavy atom. The lowest BCUT2D eigenvalue weighted by molar-refractivity contribution is 0.0978. The molecule has 2 rings (SSSR count). The topological polar surface area (TPSA) is 74.2 Å². The van der Waals surface area contributed by atoms with Crippen LogP contribution in [0.25, 0.3) is 0 Å². The highest BCUT2D eigenvalue weighted by atomic mass is 16.5. The zero-order valence-corrected chi connectivity index (χ0v) is 9.65. The molecule has 4 nitrogen and oxygen atoms in total. The second-order valence-corrected chi connectivity index (χ2v) is 4.54. The van der Waals surface area contributed by atoms with Crippen molar-refractivity contribution in [1.29, 1.82) is 0 Å². The average molecular weight is 221 g/mol. The smallest absolute Gasteiger partial charge is 0.215 e. The van der Waals surface area contributed by atoms with Gasteiger partial charge >= 0.3 is 0 Å². The van der Waals surface area contributed by atoms with E-state index in [0.29, 0.717) is 23.3 Å². The summed E-state index contributed by atoms with van der Waals surface area (Å²) in [6.45, 7) is 2.23. The van der Waals surface area contributed by atoms with Gasteiger partial charge in [-0.25, -0.2) is 0 Å². The van der Waals surface area contributed by atoms with Crippen LogP contribution in [-0.4, -0.2) is 11.1 Å². The van der Waals surface area contributed by atoms with Crippen molar-refractivity contribution >= 4 is 11.5 Å². The molecule has 0 amide bonds. The number of nitrogens with two attached hydrogens (primary N) is 2. The van der Waals surface area contributed by atoms with Crippen LogP contribution < -0.4 is 16.2 Å². The van der Waals surface area contributed by atoms with Crippen LogP contribution in [0, 0.1) is 5.92 Å². The van der Waals surface area contributed by atoms with Crippen LogP contribution in [0.4, 0.5) is 11.5 Å². The second kappa shape index (κ2) is 4.60. The number of ether oxygens (including phenoxy) is 1. The molecule has 1 aromatic heterocycles. The summed E-state index contributed by atoms with van der Waals surface area (Å²) in [7, 11) is 0. The van der Waals surface area contributed by atoms with Gasteiger partial charge in [-0.3, -0.25) is 0 Å². The molecule has 16 heavy (non-hydrogen) atoms. The summed E-state index contributed by atoms with van der Waals surface area (Å²) >= 11 is 0. The molecule has 2 atom stereocenters. The summed E-state index contributed by atoms with van der Waals surface area (Å²) in [5.41, 5.74) is 11.8. The fourth-order valence-electron chi connectivity index (χ4n) is 2.15. The van der Waals surface area contributed by atoms with Crippen LogP contribution in [0.1, 0.15) is 32.6 Å². The van der Waals surface area contributed by atoms with Crippen molar-refractivity contribution in [3.63, 3.8) is 0 Å². The minimum Gasteiger partial charge on any atom is -0.474 e. The molecule has 0 aromatic carbocycles. The van der Waals surface area contributed by atoms with Gasteiger partial charge in [0.1, 0.15) is 6.10 Å². The third-order valence-corrected chi connectivity index (χ3v) is 3.24. The standard InChI is InChI=1S/C12H19N3O/c1-8-4-2-3-5-10(8)16-11-7-6-9(13)12(14)15-11/h6-8,10H,2-5,13H2,1H3,(H2,14,15). The number of nitrogen functional groups attached to an aromatic ring is 2. The summed E-state index contributed by atoms with van der Waals surface area (Å²) in [5, 5.41) is 0. The molecule has 4 heteroatoms. The monoisotopic (exact) mass is 221 g/mol. The molecule has 1 aliphatic rings. The van der Waals surface area contributed by atoms with Crippen molar-refractivity contribution in [2.24, 2.45) is 5.92 Å². The zero-order valence-electron chi connectivity index (χ0n) is 9.65. The van der Waals surface area contributed by atoms with Gasteiger partial charge in [-0.2, -0.15) is 4.98 Å². The van der Waals surface area contributed by atoms with Gasteiger partial charge in [-0.1, -0.05) is 13.3 Å². The van der Waals surface area contributed by atoms with E-state index < -0.39 is 0 Å². The van der Waals surface area contributed by atoms with Crippen LogP contribution >= 0.6 is 0 Å². The zero-order chi connectivity index (χ0) is 11.5. The van der Waals surface area contributed by atoms with E-state index in [1.165, 1.54) is 19.3 Å². The maximum atomic E-state index is 5.86. The first-order valence-electron chi connectivity index (χ1n) is 5.85. The van der Waals surface area contributed by atoms with E-state index >= 15 is 0 Å². The molecule has 88 valence electrons. The molecule has 4 N–H and O–H groups in total. The van der Waals surface area contributed by atoms with Crippen molar-refractivity contribution in [3.8, 4) is 5.88 Å². The van der Waals surface area contributed by atoms with E-state index in [-0.39, 0.29) is 6.10 Å². The SMILES string of the molecule is CC1CCCCC1Oc1ccc(N)c(N)n1. The first-order valence-corrected chi connectivity index (χ1v) is 5.85. The van der Waals surface area contributed by atoms with E-state index in [4.69, 9.17) is 16.2 Å². The first-order chi connectivity index (χ1) is 7.66. The third kappa shape index (κ3) is 2.38. The van der Waals surface area contributed by atoms with Crippen LogP contribution in [0.15, 0.2) is 12.1 Å². The van der Waals surface area contributed by atoms with Gasteiger partial charge in [0, 0.05) is 6.07 Å². The Bertz CT molecular complexity index is 367. The number of pyridine rings is 1. The number of nitrogens with zero attached hydrogens (tertiary/aromatic N) is 1. The van der Waals surface area contributed by atoms with Crippen LogP contribution in [0.5, 0.6) is 5.88 Å². The van der Waals surface area contributed by atoms with Gasteiger partial charge in [-0.05, 0) is 31.2 Å². The van der Waals surface area contributed by atoms with Crippen LogP contribution in [0.3, 0.4) is 0 Å². The molecule has 1 aliphatic carbocycles. The predicted octanol–water partition coefficient (Wildman–Crippen LogP) is 2.20. The Kier molecular flexibility index (Phi) is 3.17. The highest BCUT2D eigenvalue weighted by Crippen LogP contribution is 2.28. The van der Waals surface area contributed by atoms with E-state index in [1.807, 2.05) is 0 Å².